The molecule has 1 aromatic rings. The fourth-order valence-corrected chi connectivity index (χ4v) is 4.14. The number of amides is 1. The molecule has 0 unspecified atom stereocenters. The van der Waals surface area contributed by atoms with Crippen molar-refractivity contribution in [1.82, 2.24) is 13.8 Å². The maximum atomic E-state index is 12.7. The molecule has 8 nitrogen and oxygen atoms in total. The number of β-amino-alcohol motifs (C(OH)–C–C–N with tert-alkyl or cyclic N) is 1. The van der Waals surface area contributed by atoms with Gasteiger partial charge in [0.15, 0.2) is 0 Å². The molecule has 1 fully saturated rings. The van der Waals surface area contributed by atoms with Crippen LogP contribution in [0.1, 0.15) is 23.8 Å². The molecule has 0 aromatic carbocycles. The Hall–Kier alpha value is -1.42. The number of aliphatic hydroxyl groups is 1. The number of aromatic nitrogens is 1. The summed E-state index contributed by atoms with van der Waals surface area (Å²) in [4.78, 5) is 13.4. The molecule has 9 heteroatoms. The lowest BCUT2D eigenvalue weighted by Gasteiger charge is -2.34. The number of primary amides is 1. The van der Waals surface area contributed by atoms with Crippen molar-refractivity contribution < 1.29 is 18.3 Å². The Bertz CT molecular complexity index is 662. The van der Waals surface area contributed by atoms with Gasteiger partial charge in [0, 0.05) is 46.0 Å². The molecule has 1 aliphatic rings. The molecule has 1 aliphatic heterocycles. The molecule has 0 bridgehead atoms. The van der Waals surface area contributed by atoms with Gasteiger partial charge in [-0.25, -0.2) is 8.42 Å². The van der Waals surface area contributed by atoms with Crippen molar-refractivity contribution in [3.63, 3.8) is 0 Å². The molecular formula is C14H24N4O4S. The Morgan fingerprint density at radius 3 is 2.43 bits per heavy atom. The second-order valence-electron chi connectivity index (χ2n) is 5.80. The number of nitrogens with zero attached hydrogens (tertiary/aromatic N) is 3. The maximum Gasteiger partial charge on any atom is 0.265 e. The third-order valence-electron chi connectivity index (χ3n) is 4.14. The first-order chi connectivity index (χ1) is 10.8. The summed E-state index contributed by atoms with van der Waals surface area (Å²) in [5.74, 6) is -0.660. The van der Waals surface area contributed by atoms with E-state index < -0.39 is 15.9 Å². The molecular weight excluding hydrogens is 320 g/mol. The normalized spacial score (nSPS) is 18.9. The molecule has 1 aromatic heterocycles. The van der Waals surface area contributed by atoms with Crippen LogP contribution in [0.25, 0.3) is 0 Å². The van der Waals surface area contributed by atoms with Gasteiger partial charge in [-0.3, -0.25) is 9.69 Å². The molecule has 130 valence electrons. The van der Waals surface area contributed by atoms with Crippen LogP contribution < -0.4 is 5.73 Å². The molecule has 0 saturated carbocycles. The Balaban J connectivity index is 2.07. The van der Waals surface area contributed by atoms with Gasteiger partial charge >= 0.3 is 0 Å². The zero-order chi connectivity index (χ0) is 17.2. The zero-order valence-corrected chi connectivity index (χ0v) is 14.3. The van der Waals surface area contributed by atoms with Crippen LogP contribution in [0, 0.1) is 0 Å². The van der Waals surface area contributed by atoms with Crippen LogP contribution in [-0.2, 0) is 17.1 Å². The molecule has 1 atom stereocenters. The van der Waals surface area contributed by atoms with E-state index in [9.17, 15) is 18.3 Å². The van der Waals surface area contributed by atoms with Crippen LogP contribution in [0.2, 0.25) is 0 Å². The lowest BCUT2D eigenvalue weighted by Crippen LogP contribution is -2.50. The van der Waals surface area contributed by atoms with E-state index in [2.05, 4.69) is 4.90 Å². The summed E-state index contributed by atoms with van der Waals surface area (Å²) in [5, 5.41) is 9.68. The molecule has 1 saturated heterocycles. The van der Waals surface area contributed by atoms with Crippen LogP contribution in [0.5, 0.6) is 0 Å². The van der Waals surface area contributed by atoms with Crippen molar-refractivity contribution in [1.29, 1.82) is 0 Å². The van der Waals surface area contributed by atoms with E-state index in [-0.39, 0.29) is 16.7 Å². The number of sulfonamides is 1. The molecule has 0 spiro atoms. The van der Waals surface area contributed by atoms with Gasteiger partial charge in [-0.05, 0) is 12.5 Å². The van der Waals surface area contributed by atoms with Gasteiger partial charge in [0.25, 0.3) is 5.91 Å². The Morgan fingerprint density at radius 1 is 1.35 bits per heavy atom. The standard InChI is InChI=1S/C14H24N4O4S/c1-3-11(19)9-17-4-6-18(7-5-17)23(21,22)12-8-13(14(15)20)16(2)10-12/h8,10-11,19H,3-7,9H2,1-2H3,(H2,15,20)/t11-/m0/s1. The van der Waals surface area contributed by atoms with Crippen molar-refractivity contribution in [2.45, 2.75) is 24.3 Å². The Morgan fingerprint density at radius 2 is 1.96 bits per heavy atom. The highest BCUT2D eigenvalue weighted by Crippen LogP contribution is 2.20. The number of carbonyl (C=O) groups excluding carboxylic acids is 1. The molecule has 2 heterocycles. The maximum absolute atomic E-state index is 12.7. The van der Waals surface area contributed by atoms with Gasteiger partial charge < -0.3 is 15.4 Å². The van der Waals surface area contributed by atoms with Crippen LogP contribution in [-0.4, -0.2) is 72.0 Å². The van der Waals surface area contributed by atoms with Crippen molar-refractivity contribution in [3.05, 3.63) is 18.0 Å². The molecule has 1 amide bonds. The molecule has 0 radical (unpaired) electrons. The first kappa shape index (κ1) is 17.9. The van der Waals surface area contributed by atoms with Crippen LogP contribution in [0.4, 0.5) is 0 Å². The summed E-state index contributed by atoms with van der Waals surface area (Å²) in [6, 6.07) is 1.31. The van der Waals surface area contributed by atoms with Crippen molar-refractivity contribution in [2.75, 3.05) is 32.7 Å². The fourth-order valence-electron chi connectivity index (χ4n) is 2.65. The number of piperazine rings is 1. The average Bonchev–Trinajstić information content (AvgIpc) is 2.90. The van der Waals surface area contributed by atoms with E-state index in [1.807, 2.05) is 6.92 Å². The predicted molar refractivity (Wildman–Crippen MR) is 85.4 cm³/mol. The first-order valence-corrected chi connectivity index (χ1v) is 9.06. The quantitative estimate of drug-likeness (QED) is 0.702. The largest absolute Gasteiger partial charge is 0.392 e. The summed E-state index contributed by atoms with van der Waals surface area (Å²) in [7, 11) is -2.05. The third-order valence-corrected chi connectivity index (χ3v) is 6.01. The molecule has 23 heavy (non-hydrogen) atoms. The minimum absolute atomic E-state index is 0.0795. The highest BCUT2D eigenvalue weighted by atomic mass is 32.2. The number of carbonyl (C=O) groups is 1. The minimum Gasteiger partial charge on any atom is -0.392 e. The van der Waals surface area contributed by atoms with Crippen LogP contribution in [0.15, 0.2) is 17.2 Å². The lowest BCUT2D eigenvalue weighted by molar-refractivity contribution is 0.0896. The number of aliphatic hydroxyl groups excluding tert-OH is 1. The second kappa shape index (κ2) is 7.00. The third kappa shape index (κ3) is 3.92. The average molecular weight is 344 g/mol. The Kier molecular flexibility index (Phi) is 5.45. The van der Waals surface area contributed by atoms with Gasteiger partial charge in [-0.1, -0.05) is 6.92 Å². The second-order valence-corrected chi connectivity index (χ2v) is 7.74. The van der Waals surface area contributed by atoms with Gasteiger partial charge in [0.05, 0.1) is 6.10 Å². The van der Waals surface area contributed by atoms with Gasteiger partial charge in [0.1, 0.15) is 10.6 Å². The number of hydrogen-bond donors (Lipinski definition) is 2. The summed E-state index contributed by atoms with van der Waals surface area (Å²) in [6.07, 6.45) is 1.70. The predicted octanol–water partition coefficient (Wildman–Crippen LogP) is -0.799. The van der Waals surface area contributed by atoms with E-state index in [1.165, 1.54) is 21.1 Å². The summed E-state index contributed by atoms with van der Waals surface area (Å²) >= 11 is 0. The molecule has 2 rings (SSSR count). The highest BCUT2D eigenvalue weighted by Gasteiger charge is 2.30. The van der Waals surface area contributed by atoms with E-state index in [0.29, 0.717) is 39.1 Å². The van der Waals surface area contributed by atoms with E-state index in [4.69, 9.17) is 5.73 Å². The van der Waals surface area contributed by atoms with Crippen molar-refractivity contribution >= 4 is 15.9 Å². The van der Waals surface area contributed by atoms with Crippen molar-refractivity contribution in [3.8, 4) is 0 Å². The minimum atomic E-state index is -3.64. The van der Waals surface area contributed by atoms with E-state index in [1.54, 1.807) is 7.05 Å². The smallest absolute Gasteiger partial charge is 0.265 e. The number of aryl methyl sites for hydroxylation is 1. The van der Waals surface area contributed by atoms with Gasteiger partial charge in [0.2, 0.25) is 10.0 Å². The van der Waals surface area contributed by atoms with E-state index in [0.717, 1.165) is 0 Å². The first-order valence-electron chi connectivity index (χ1n) is 7.62. The summed E-state index contributed by atoms with van der Waals surface area (Å²) < 4.78 is 28.1. The van der Waals surface area contributed by atoms with Gasteiger partial charge in [-0.15, -0.1) is 0 Å². The highest BCUT2D eigenvalue weighted by molar-refractivity contribution is 7.89. The molecule has 3 N–H and O–H groups in total. The molecule has 0 aliphatic carbocycles. The number of hydrogen-bond acceptors (Lipinski definition) is 5. The lowest BCUT2D eigenvalue weighted by atomic mass is 10.2. The topological polar surface area (TPSA) is 109 Å². The van der Waals surface area contributed by atoms with Crippen molar-refractivity contribution in [2.24, 2.45) is 12.8 Å². The SMILES string of the molecule is CC[C@H](O)CN1CCN(S(=O)(=O)c2cc(C(N)=O)n(C)c2)CC1. The monoisotopic (exact) mass is 344 g/mol. The summed E-state index contributed by atoms with van der Waals surface area (Å²) in [6.45, 7) is 4.34. The number of rotatable bonds is 6. The van der Waals surface area contributed by atoms with Crippen LogP contribution >= 0.6 is 0 Å². The van der Waals surface area contributed by atoms with Gasteiger partial charge in [-0.2, -0.15) is 4.31 Å². The Labute approximate surface area is 136 Å². The summed E-state index contributed by atoms with van der Waals surface area (Å²) in [5.41, 5.74) is 5.39. The zero-order valence-electron chi connectivity index (χ0n) is 13.5. The van der Waals surface area contributed by atoms with E-state index >= 15 is 0 Å². The van der Waals surface area contributed by atoms with Crippen LogP contribution in [0.3, 0.4) is 0 Å². The fraction of sp³-hybridized carbons (Fsp3) is 0.643. The number of nitrogens with two attached hydrogens (primary N) is 1.